The SMILES string of the molecule is [N-]=[N+]=C1CCC(C(=O)O)CO1. The van der Waals surface area contributed by atoms with Crippen LogP contribution in [-0.4, -0.2) is 28.4 Å². The molecule has 5 nitrogen and oxygen atoms in total. The molecule has 0 saturated carbocycles. The van der Waals surface area contributed by atoms with E-state index >= 15 is 0 Å². The number of hydrogen-bond acceptors (Lipinski definition) is 2. The summed E-state index contributed by atoms with van der Waals surface area (Å²) in [5.74, 6) is -1.09. The zero-order chi connectivity index (χ0) is 8.27. The molecule has 0 aromatic rings. The van der Waals surface area contributed by atoms with Crippen LogP contribution in [0.5, 0.6) is 0 Å². The number of carboxylic acid groups (broad SMARTS) is 1. The van der Waals surface area contributed by atoms with Crippen molar-refractivity contribution in [3.63, 3.8) is 0 Å². The fraction of sp³-hybridized carbons (Fsp3) is 0.667. The monoisotopic (exact) mass is 156 g/mol. The first-order valence-electron chi connectivity index (χ1n) is 3.30. The number of carboxylic acids is 1. The first-order chi connectivity index (χ1) is 5.24. The van der Waals surface area contributed by atoms with Gasteiger partial charge in [0.05, 0.1) is 12.3 Å². The standard InChI is InChI=1S/C6H8N2O3/c7-8-5-2-1-4(3-11-5)6(9)10/h4H,1-3H2,(H,9,10). The van der Waals surface area contributed by atoms with Gasteiger partial charge in [-0.15, -0.1) is 4.79 Å². The molecule has 11 heavy (non-hydrogen) atoms. The third kappa shape index (κ3) is 1.78. The lowest BCUT2D eigenvalue weighted by molar-refractivity contribution is -0.144. The molecule has 1 saturated heterocycles. The van der Waals surface area contributed by atoms with Crippen LogP contribution in [0.3, 0.4) is 0 Å². The summed E-state index contributed by atoms with van der Waals surface area (Å²) in [6.07, 6.45) is 0.877. The Bertz CT molecular complexity index is 210. The van der Waals surface area contributed by atoms with Crippen molar-refractivity contribution in [2.24, 2.45) is 5.92 Å². The van der Waals surface area contributed by atoms with E-state index in [1.165, 1.54) is 0 Å². The molecule has 0 aliphatic carbocycles. The van der Waals surface area contributed by atoms with Crippen molar-refractivity contribution in [1.82, 2.24) is 0 Å². The van der Waals surface area contributed by atoms with Crippen LogP contribution in [0, 0.1) is 5.92 Å². The van der Waals surface area contributed by atoms with Crippen LogP contribution in [-0.2, 0) is 9.53 Å². The van der Waals surface area contributed by atoms with Gasteiger partial charge in [0.2, 0.25) is 0 Å². The summed E-state index contributed by atoms with van der Waals surface area (Å²) in [4.78, 5) is 13.2. The van der Waals surface area contributed by atoms with E-state index in [2.05, 4.69) is 4.79 Å². The summed E-state index contributed by atoms with van der Waals surface area (Å²) < 4.78 is 4.82. The molecule has 1 atom stereocenters. The quantitative estimate of drug-likeness (QED) is 0.432. The van der Waals surface area contributed by atoms with Crippen LogP contribution in [0.1, 0.15) is 12.8 Å². The van der Waals surface area contributed by atoms with Crippen LogP contribution < -0.4 is 0 Å². The molecule has 60 valence electrons. The average molecular weight is 156 g/mol. The molecule has 0 amide bonds. The number of nitrogens with zero attached hydrogens (tertiary/aromatic N) is 2. The normalized spacial score (nSPS) is 23.6. The first kappa shape index (κ1) is 7.75. The Morgan fingerprint density at radius 2 is 2.55 bits per heavy atom. The van der Waals surface area contributed by atoms with Crippen molar-refractivity contribution in [2.75, 3.05) is 6.61 Å². The molecular weight excluding hydrogens is 148 g/mol. The van der Waals surface area contributed by atoms with Crippen LogP contribution in [0.2, 0.25) is 0 Å². The molecule has 1 aliphatic heterocycles. The van der Waals surface area contributed by atoms with E-state index in [4.69, 9.17) is 15.4 Å². The molecule has 0 radical (unpaired) electrons. The van der Waals surface area contributed by atoms with Gasteiger partial charge in [0.25, 0.3) is 0 Å². The molecule has 0 bridgehead atoms. The minimum absolute atomic E-state index is 0.106. The second-order valence-electron chi connectivity index (χ2n) is 2.38. The largest absolute Gasteiger partial charge is 0.481 e. The highest BCUT2D eigenvalue weighted by atomic mass is 16.5. The van der Waals surface area contributed by atoms with E-state index in [-0.39, 0.29) is 12.5 Å². The summed E-state index contributed by atoms with van der Waals surface area (Å²) in [7, 11) is 0. The van der Waals surface area contributed by atoms with Crippen LogP contribution in [0.4, 0.5) is 0 Å². The highest BCUT2D eigenvalue weighted by molar-refractivity contribution is 5.76. The van der Waals surface area contributed by atoms with Crippen molar-refractivity contribution < 1.29 is 19.4 Å². The van der Waals surface area contributed by atoms with Gasteiger partial charge in [-0.05, 0) is 6.42 Å². The van der Waals surface area contributed by atoms with Gasteiger partial charge in [0.15, 0.2) is 0 Å². The number of hydrogen-bond donors (Lipinski definition) is 1. The Morgan fingerprint density at radius 3 is 2.91 bits per heavy atom. The Balaban J connectivity index is 2.48. The lowest BCUT2D eigenvalue weighted by Gasteiger charge is -2.14. The third-order valence-electron chi connectivity index (χ3n) is 1.62. The minimum atomic E-state index is -0.859. The van der Waals surface area contributed by atoms with Crippen molar-refractivity contribution >= 4 is 11.9 Å². The Morgan fingerprint density at radius 1 is 1.82 bits per heavy atom. The molecule has 0 spiro atoms. The second kappa shape index (κ2) is 3.16. The Hall–Kier alpha value is -1.35. The minimum Gasteiger partial charge on any atom is -0.481 e. The molecule has 1 heterocycles. The molecule has 1 fully saturated rings. The zero-order valence-electron chi connectivity index (χ0n) is 5.86. The Kier molecular flexibility index (Phi) is 2.23. The van der Waals surface area contributed by atoms with E-state index in [0.29, 0.717) is 12.8 Å². The smallest absolute Gasteiger partial charge is 0.449 e. The maximum Gasteiger partial charge on any atom is 0.449 e. The lowest BCUT2D eigenvalue weighted by atomic mass is 10.0. The van der Waals surface area contributed by atoms with E-state index in [0.717, 1.165) is 0 Å². The van der Waals surface area contributed by atoms with E-state index < -0.39 is 11.9 Å². The molecule has 0 aromatic heterocycles. The summed E-state index contributed by atoms with van der Waals surface area (Å²) in [6, 6.07) is 0. The van der Waals surface area contributed by atoms with E-state index in [1.54, 1.807) is 0 Å². The molecule has 1 aliphatic rings. The van der Waals surface area contributed by atoms with Gasteiger partial charge in [-0.25, -0.2) is 0 Å². The van der Waals surface area contributed by atoms with E-state index in [9.17, 15) is 4.79 Å². The predicted octanol–water partition coefficient (Wildman–Crippen LogP) is 0.126. The van der Waals surface area contributed by atoms with Crippen molar-refractivity contribution in [1.29, 1.82) is 0 Å². The summed E-state index contributed by atoms with van der Waals surface area (Å²) >= 11 is 0. The van der Waals surface area contributed by atoms with Gasteiger partial charge >= 0.3 is 11.9 Å². The summed E-state index contributed by atoms with van der Waals surface area (Å²) in [6.45, 7) is 0.106. The highest BCUT2D eigenvalue weighted by Crippen LogP contribution is 2.14. The first-order valence-corrected chi connectivity index (χ1v) is 3.30. The maximum absolute atomic E-state index is 10.4. The highest BCUT2D eigenvalue weighted by Gasteiger charge is 2.28. The van der Waals surface area contributed by atoms with Gasteiger partial charge in [-0.3, -0.25) is 4.79 Å². The van der Waals surface area contributed by atoms with Crippen molar-refractivity contribution in [2.45, 2.75) is 12.8 Å². The van der Waals surface area contributed by atoms with Gasteiger partial charge in [-0.2, -0.15) is 0 Å². The van der Waals surface area contributed by atoms with Gasteiger partial charge in [-0.1, -0.05) is 0 Å². The number of ether oxygens (including phenoxy) is 1. The molecular formula is C6H8N2O3. The molecule has 1 rings (SSSR count). The second-order valence-corrected chi connectivity index (χ2v) is 2.38. The third-order valence-corrected chi connectivity index (χ3v) is 1.62. The zero-order valence-corrected chi connectivity index (χ0v) is 5.86. The average Bonchev–Trinajstić information content (AvgIpc) is 2.05. The fourth-order valence-corrected chi connectivity index (χ4v) is 0.924. The lowest BCUT2D eigenvalue weighted by Crippen LogP contribution is -2.28. The number of carbonyl (C=O) groups is 1. The molecule has 1 unspecified atom stereocenters. The van der Waals surface area contributed by atoms with Crippen molar-refractivity contribution in [3.8, 4) is 0 Å². The predicted molar refractivity (Wildman–Crippen MR) is 34.9 cm³/mol. The summed E-state index contributed by atoms with van der Waals surface area (Å²) in [5.41, 5.74) is 8.23. The topological polar surface area (TPSA) is 82.9 Å². The molecule has 5 heteroatoms. The fourth-order valence-electron chi connectivity index (χ4n) is 0.924. The van der Waals surface area contributed by atoms with Gasteiger partial charge in [0.1, 0.15) is 6.61 Å². The van der Waals surface area contributed by atoms with Gasteiger partial charge in [0, 0.05) is 0 Å². The maximum atomic E-state index is 10.4. The van der Waals surface area contributed by atoms with Crippen LogP contribution in [0.15, 0.2) is 0 Å². The van der Waals surface area contributed by atoms with E-state index in [1.807, 2.05) is 0 Å². The summed E-state index contributed by atoms with van der Waals surface area (Å²) in [5, 5.41) is 8.51. The van der Waals surface area contributed by atoms with Crippen LogP contribution >= 0.6 is 0 Å². The molecule has 1 N–H and O–H groups in total. The van der Waals surface area contributed by atoms with Gasteiger partial charge < -0.3 is 15.4 Å². The Labute approximate surface area is 63.2 Å². The number of rotatable bonds is 1. The number of aliphatic carboxylic acids is 1. The van der Waals surface area contributed by atoms with Crippen molar-refractivity contribution in [3.05, 3.63) is 5.53 Å². The van der Waals surface area contributed by atoms with Crippen LogP contribution in [0.25, 0.3) is 5.53 Å². The molecule has 0 aromatic carbocycles.